The first kappa shape index (κ1) is 18.9. The van der Waals surface area contributed by atoms with Crippen LogP contribution in [-0.4, -0.2) is 5.11 Å². The number of alkyl halides is 3. The fraction of sp³-hybridized carbons (Fsp3) is 0.0952. The van der Waals surface area contributed by atoms with E-state index in [1.807, 2.05) is 60.7 Å². The Morgan fingerprint density at radius 3 is 1.67 bits per heavy atom. The minimum absolute atomic E-state index is 0.179. The molecule has 6 heteroatoms. The number of halogens is 3. The summed E-state index contributed by atoms with van der Waals surface area (Å²) in [4.78, 5) is 0. The van der Waals surface area contributed by atoms with E-state index in [1.165, 1.54) is 12.1 Å². The van der Waals surface area contributed by atoms with Crippen molar-refractivity contribution in [1.82, 2.24) is 5.32 Å². The van der Waals surface area contributed by atoms with Gasteiger partial charge in [-0.25, -0.2) is 0 Å². The average molecular weight is 386 g/mol. The largest absolute Gasteiger partial charge is 0.416 e. The predicted octanol–water partition coefficient (Wildman–Crippen LogP) is 5.78. The molecule has 0 saturated heterocycles. The van der Waals surface area contributed by atoms with Gasteiger partial charge in [-0.1, -0.05) is 60.7 Å². The molecule has 0 aliphatic carbocycles. The van der Waals surface area contributed by atoms with Gasteiger partial charge in [-0.15, -0.1) is 0 Å². The summed E-state index contributed by atoms with van der Waals surface area (Å²) < 4.78 is 38.0. The van der Waals surface area contributed by atoms with Gasteiger partial charge >= 0.3 is 6.18 Å². The van der Waals surface area contributed by atoms with Crippen LogP contribution in [0.15, 0.2) is 84.9 Å². The number of anilines is 1. The molecule has 2 nitrogen and oxygen atoms in total. The van der Waals surface area contributed by atoms with Gasteiger partial charge in [0, 0.05) is 5.69 Å². The summed E-state index contributed by atoms with van der Waals surface area (Å²) in [7, 11) is 0. The standard InChI is InChI=1S/C21H17F3N2S/c22-21(23,24)17-11-13-18(14-12-17)25-20(27)26-19(15-7-3-1-4-8-15)16-9-5-2-6-10-16/h1-14,19H,(H2,25,26,27). The van der Waals surface area contributed by atoms with Gasteiger partial charge in [-0.05, 0) is 47.6 Å². The quantitative estimate of drug-likeness (QED) is 0.556. The van der Waals surface area contributed by atoms with Crippen LogP contribution in [0.25, 0.3) is 0 Å². The number of hydrogen-bond acceptors (Lipinski definition) is 1. The highest BCUT2D eigenvalue weighted by Crippen LogP contribution is 2.30. The molecule has 3 aromatic carbocycles. The van der Waals surface area contributed by atoms with E-state index >= 15 is 0 Å². The first-order valence-corrected chi connectivity index (χ1v) is 8.69. The lowest BCUT2D eigenvalue weighted by molar-refractivity contribution is -0.137. The minimum atomic E-state index is -4.36. The van der Waals surface area contributed by atoms with Crippen LogP contribution in [-0.2, 0) is 6.18 Å². The van der Waals surface area contributed by atoms with E-state index in [0.717, 1.165) is 23.3 Å². The van der Waals surface area contributed by atoms with Crippen molar-refractivity contribution in [1.29, 1.82) is 0 Å². The maximum atomic E-state index is 12.7. The summed E-state index contributed by atoms with van der Waals surface area (Å²) in [6.07, 6.45) is -4.36. The summed E-state index contributed by atoms with van der Waals surface area (Å²) in [5.41, 5.74) is 1.85. The zero-order chi connectivity index (χ0) is 19.3. The maximum absolute atomic E-state index is 12.7. The molecule has 0 spiro atoms. The number of hydrogen-bond donors (Lipinski definition) is 2. The summed E-state index contributed by atoms with van der Waals surface area (Å²) >= 11 is 5.37. The van der Waals surface area contributed by atoms with Crippen LogP contribution in [0.3, 0.4) is 0 Å². The second-order valence-corrected chi connectivity index (χ2v) is 6.34. The van der Waals surface area contributed by atoms with E-state index in [2.05, 4.69) is 10.6 Å². The van der Waals surface area contributed by atoms with Gasteiger partial charge in [0.05, 0.1) is 11.6 Å². The van der Waals surface area contributed by atoms with Gasteiger partial charge in [-0.2, -0.15) is 13.2 Å². The molecule has 0 aliphatic rings. The molecule has 0 bridgehead atoms. The smallest absolute Gasteiger partial charge is 0.352 e. The van der Waals surface area contributed by atoms with Crippen molar-refractivity contribution in [2.24, 2.45) is 0 Å². The van der Waals surface area contributed by atoms with Crippen molar-refractivity contribution in [3.63, 3.8) is 0 Å². The molecule has 0 amide bonds. The molecular formula is C21H17F3N2S. The lowest BCUT2D eigenvalue weighted by Crippen LogP contribution is -2.33. The molecule has 27 heavy (non-hydrogen) atoms. The molecule has 0 atom stereocenters. The Hall–Kier alpha value is -2.86. The first-order valence-electron chi connectivity index (χ1n) is 8.28. The fourth-order valence-electron chi connectivity index (χ4n) is 2.69. The Balaban J connectivity index is 1.75. The highest BCUT2D eigenvalue weighted by atomic mass is 32.1. The Labute approximate surface area is 161 Å². The van der Waals surface area contributed by atoms with Crippen LogP contribution in [0, 0.1) is 0 Å². The minimum Gasteiger partial charge on any atom is -0.352 e. The van der Waals surface area contributed by atoms with Crippen LogP contribution in [0.5, 0.6) is 0 Å². The molecule has 0 aliphatic heterocycles. The molecule has 2 N–H and O–H groups in total. The van der Waals surface area contributed by atoms with E-state index in [9.17, 15) is 13.2 Å². The monoisotopic (exact) mass is 386 g/mol. The average Bonchev–Trinajstić information content (AvgIpc) is 2.67. The van der Waals surface area contributed by atoms with Crippen molar-refractivity contribution in [2.75, 3.05) is 5.32 Å². The summed E-state index contributed by atoms with van der Waals surface area (Å²) in [5, 5.41) is 6.51. The molecule has 0 heterocycles. The molecule has 0 unspecified atom stereocenters. The summed E-state index contributed by atoms with van der Waals surface area (Å²) in [6.45, 7) is 0. The normalized spacial score (nSPS) is 11.3. The van der Waals surface area contributed by atoms with E-state index in [4.69, 9.17) is 12.2 Å². The topological polar surface area (TPSA) is 24.1 Å². The Morgan fingerprint density at radius 2 is 1.22 bits per heavy atom. The van der Waals surface area contributed by atoms with Crippen LogP contribution in [0.4, 0.5) is 18.9 Å². The maximum Gasteiger partial charge on any atom is 0.416 e. The van der Waals surface area contributed by atoms with Gasteiger partial charge < -0.3 is 10.6 Å². The Bertz CT molecular complexity index is 839. The molecule has 138 valence electrons. The van der Waals surface area contributed by atoms with Gasteiger partial charge in [0.2, 0.25) is 0 Å². The zero-order valence-corrected chi connectivity index (χ0v) is 15.0. The molecular weight excluding hydrogens is 369 g/mol. The molecule has 0 saturated carbocycles. The third-order valence-corrected chi connectivity index (χ3v) is 4.23. The van der Waals surface area contributed by atoms with E-state index in [-0.39, 0.29) is 6.04 Å². The molecule has 0 fully saturated rings. The molecule has 0 radical (unpaired) electrons. The Morgan fingerprint density at radius 1 is 0.741 bits per heavy atom. The van der Waals surface area contributed by atoms with Crippen molar-refractivity contribution < 1.29 is 13.2 Å². The summed E-state index contributed by atoms with van der Waals surface area (Å²) in [5.74, 6) is 0. The number of nitrogens with one attached hydrogen (secondary N) is 2. The van der Waals surface area contributed by atoms with Crippen LogP contribution in [0.1, 0.15) is 22.7 Å². The van der Waals surface area contributed by atoms with Crippen molar-refractivity contribution in [3.05, 3.63) is 102 Å². The van der Waals surface area contributed by atoms with Crippen molar-refractivity contribution in [3.8, 4) is 0 Å². The SMILES string of the molecule is FC(F)(F)c1ccc(NC(=S)NC(c2ccccc2)c2ccccc2)cc1. The second kappa shape index (κ2) is 8.22. The highest BCUT2D eigenvalue weighted by molar-refractivity contribution is 7.80. The van der Waals surface area contributed by atoms with Gasteiger partial charge in [0.1, 0.15) is 0 Å². The molecule has 0 aromatic heterocycles. The van der Waals surface area contributed by atoms with Crippen molar-refractivity contribution in [2.45, 2.75) is 12.2 Å². The Kier molecular flexibility index (Phi) is 5.76. The molecule has 3 rings (SSSR count). The lowest BCUT2D eigenvalue weighted by Gasteiger charge is -2.22. The third kappa shape index (κ3) is 5.08. The molecule has 3 aromatic rings. The van der Waals surface area contributed by atoms with E-state index < -0.39 is 11.7 Å². The zero-order valence-electron chi connectivity index (χ0n) is 14.2. The predicted molar refractivity (Wildman–Crippen MR) is 106 cm³/mol. The number of rotatable bonds is 4. The fourth-order valence-corrected chi connectivity index (χ4v) is 2.93. The number of benzene rings is 3. The van der Waals surface area contributed by atoms with Gasteiger partial charge in [0.25, 0.3) is 0 Å². The highest BCUT2D eigenvalue weighted by Gasteiger charge is 2.30. The van der Waals surface area contributed by atoms with Crippen LogP contribution < -0.4 is 10.6 Å². The number of thiocarbonyl (C=S) groups is 1. The van der Waals surface area contributed by atoms with Crippen molar-refractivity contribution >= 4 is 23.0 Å². The first-order chi connectivity index (χ1) is 12.9. The van der Waals surface area contributed by atoms with E-state index in [1.54, 1.807) is 0 Å². The third-order valence-electron chi connectivity index (χ3n) is 4.01. The lowest BCUT2D eigenvalue weighted by atomic mass is 9.99. The van der Waals surface area contributed by atoms with Crippen LogP contribution >= 0.6 is 12.2 Å². The van der Waals surface area contributed by atoms with Gasteiger partial charge in [-0.3, -0.25) is 0 Å². The second-order valence-electron chi connectivity index (χ2n) is 5.93. The summed E-state index contributed by atoms with van der Waals surface area (Å²) in [6, 6.07) is 24.2. The van der Waals surface area contributed by atoms with Crippen LogP contribution in [0.2, 0.25) is 0 Å². The van der Waals surface area contributed by atoms with Gasteiger partial charge in [0.15, 0.2) is 5.11 Å². The van der Waals surface area contributed by atoms with E-state index in [0.29, 0.717) is 10.8 Å².